The summed E-state index contributed by atoms with van der Waals surface area (Å²) in [4.78, 5) is 1.30. The molecule has 0 aromatic heterocycles. The van der Waals surface area contributed by atoms with E-state index in [-0.39, 0.29) is 0 Å². The van der Waals surface area contributed by atoms with Gasteiger partial charge in [0.2, 0.25) is 0 Å². The van der Waals surface area contributed by atoms with Crippen molar-refractivity contribution >= 4 is 27.7 Å². The van der Waals surface area contributed by atoms with Crippen LogP contribution in [0.2, 0.25) is 0 Å². The topological polar surface area (TPSA) is 12.0 Å². The molecule has 1 N–H and O–H groups in total. The van der Waals surface area contributed by atoms with Crippen molar-refractivity contribution in [2.24, 2.45) is 0 Å². The molecule has 0 aliphatic rings. The maximum atomic E-state index is 3.69. The van der Waals surface area contributed by atoms with E-state index in [0.717, 1.165) is 12.3 Å². The third-order valence-electron chi connectivity index (χ3n) is 3.19. The fourth-order valence-electron chi connectivity index (χ4n) is 2.06. The van der Waals surface area contributed by atoms with Gasteiger partial charge in [0, 0.05) is 27.7 Å². The van der Waals surface area contributed by atoms with Crippen LogP contribution >= 0.6 is 27.7 Å². The van der Waals surface area contributed by atoms with E-state index in [4.69, 9.17) is 0 Å². The molecule has 0 unspecified atom stereocenters. The van der Waals surface area contributed by atoms with Crippen LogP contribution in [-0.4, -0.2) is 6.04 Å². The summed E-state index contributed by atoms with van der Waals surface area (Å²) in [5, 5.41) is 3.44. The quantitative estimate of drug-likeness (QED) is 0.675. The van der Waals surface area contributed by atoms with Crippen molar-refractivity contribution < 1.29 is 0 Å². The number of halogens is 1. The molecule has 0 heterocycles. The molecule has 112 valence electrons. The van der Waals surface area contributed by atoms with Crippen molar-refractivity contribution in [1.82, 2.24) is 5.32 Å². The van der Waals surface area contributed by atoms with E-state index >= 15 is 0 Å². The van der Waals surface area contributed by atoms with Gasteiger partial charge in [0.25, 0.3) is 0 Å². The number of rotatable bonds is 6. The minimum absolute atomic E-state index is 0.513. The molecule has 0 radical (unpaired) electrons. The highest BCUT2D eigenvalue weighted by molar-refractivity contribution is 9.10. The highest BCUT2D eigenvalue weighted by Gasteiger charge is 2.04. The molecule has 2 rings (SSSR count). The Balaban J connectivity index is 1.97. The minimum atomic E-state index is 0.513. The molecule has 3 heteroatoms. The van der Waals surface area contributed by atoms with Crippen molar-refractivity contribution in [3.05, 3.63) is 63.6 Å². The van der Waals surface area contributed by atoms with E-state index in [1.807, 2.05) is 11.8 Å². The van der Waals surface area contributed by atoms with Crippen LogP contribution < -0.4 is 5.32 Å². The Morgan fingerprint density at radius 1 is 1.10 bits per heavy atom. The van der Waals surface area contributed by atoms with Crippen LogP contribution in [0.25, 0.3) is 0 Å². The van der Waals surface area contributed by atoms with Crippen LogP contribution in [0.15, 0.2) is 51.8 Å². The maximum absolute atomic E-state index is 3.69. The van der Waals surface area contributed by atoms with E-state index in [1.165, 1.54) is 26.1 Å². The summed E-state index contributed by atoms with van der Waals surface area (Å²) in [5.74, 6) is 1.00. The fraction of sp³-hybridized carbons (Fsp3) is 0.333. The second-order valence-corrected chi connectivity index (χ2v) is 7.45. The predicted octanol–water partition coefficient (Wildman–Crippen LogP) is 5.55. The number of hydrogen-bond donors (Lipinski definition) is 1. The van der Waals surface area contributed by atoms with Gasteiger partial charge in [-0.05, 0) is 46.1 Å². The number of aryl methyl sites for hydroxylation is 1. The molecule has 21 heavy (non-hydrogen) atoms. The van der Waals surface area contributed by atoms with Gasteiger partial charge in [0.1, 0.15) is 0 Å². The Kier molecular flexibility index (Phi) is 6.34. The molecular formula is C18H22BrNS. The average molecular weight is 364 g/mol. The molecule has 0 bridgehead atoms. The van der Waals surface area contributed by atoms with E-state index in [2.05, 4.69) is 84.5 Å². The van der Waals surface area contributed by atoms with Gasteiger partial charge in [0.15, 0.2) is 0 Å². The SMILES string of the molecule is Cc1cccc(CSc2ccc(CNC(C)C)cc2Br)c1. The Hall–Kier alpha value is -0.770. The first-order valence-electron chi connectivity index (χ1n) is 7.25. The van der Waals surface area contributed by atoms with Crippen molar-refractivity contribution in [3.8, 4) is 0 Å². The number of nitrogens with one attached hydrogen (secondary N) is 1. The fourth-order valence-corrected chi connectivity index (χ4v) is 3.69. The number of hydrogen-bond acceptors (Lipinski definition) is 2. The van der Waals surface area contributed by atoms with Crippen molar-refractivity contribution in [3.63, 3.8) is 0 Å². The molecule has 0 aliphatic carbocycles. The second kappa shape index (κ2) is 8.02. The second-order valence-electron chi connectivity index (χ2n) is 5.58. The highest BCUT2D eigenvalue weighted by atomic mass is 79.9. The third-order valence-corrected chi connectivity index (χ3v) is 5.25. The zero-order valence-electron chi connectivity index (χ0n) is 12.8. The minimum Gasteiger partial charge on any atom is -0.310 e. The van der Waals surface area contributed by atoms with Crippen LogP contribution in [0.1, 0.15) is 30.5 Å². The smallest absolute Gasteiger partial charge is 0.0314 e. The summed E-state index contributed by atoms with van der Waals surface area (Å²) in [6.45, 7) is 7.39. The first-order valence-corrected chi connectivity index (χ1v) is 9.02. The van der Waals surface area contributed by atoms with Gasteiger partial charge in [-0.15, -0.1) is 11.8 Å². The van der Waals surface area contributed by atoms with Crippen molar-refractivity contribution in [2.45, 2.75) is 44.0 Å². The highest BCUT2D eigenvalue weighted by Crippen LogP contribution is 2.31. The summed E-state index contributed by atoms with van der Waals surface area (Å²) in [6.07, 6.45) is 0. The normalized spacial score (nSPS) is 11.1. The molecule has 2 aromatic rings. The molecular weight excluding hydrogens is 342 g/mol. The van der Waals surface area contributed by atoms with Gasteiger partial charge in [-0.2, -0.15) is 0 Å². The van der Waals surface area contributed by atoms with E-state index < -0.39 is 0 Å². The first kappa shape index (κ1) is 16.6. The van der Waals surface area contributed by atoms with Crippen LogP contribution in [-0.2, 0) is 12.3 Å². The Labute approximate surface area is 140 Å². The lowest BCUT2D eigenvalue weighted by Gasteiger charge is -2.10. The van der Waals surface area contributed by atoms with Crippen LogP contribution in [0.4, 0.5) is 0 Å². The van der Waals surface area contributed by atoms with Gasteiger partial charge in [-0.25, -0.2) is 0 Å². The lowest BCUT2D eigenvalue weighted by Crippen LogP contribution is -2.21. The van der Waals surface area contributed by atoms with E-state index in [0.29, 0.717) is 6.04 Å². The molecule has 0 atom stereocenters. The van der Waals surface area contributed by atoms with Crippen LogP contribution in [0.3, 0.4) is 0 Å². The summed E-state index contributed by atoms with van der Waals surface area (Å²) >= 11 is 5.57. The molecule has 0 spiro atoms. The Morgan fingerprint density at radius 3 is 2.57 bits per heavy atom. The molecule has 0 saturated heterocycles. The van der Waals surface area contributed by atoms with Crippen molar-refractivity contribution in [2.75, 3.05) is 0 Å². The van der Waals surface area contributed by atoms with Gasteiger partial charge < -0.3 is 5.32 Å². The zero-order chi connectivity index (χ0) is 15.2. The molecule has 0 amide bonds. The van der Waals surface area contributed by atoms with E-state index in [9.17, 15) is 0 Å². The third kappa shape index (κ3) is 5.50. The molecule has 0 saturated carbocycles. The van der Waals surface area contributed by atoms with E-state index in [1.54, 1.807) is 0 Å². The lowest BCUT2D eigenvalue weighted by molar-refractivity contribution is 0.588. The Morgan fingerprint density at radius 2 is 1.90 bits per heavy atom. The molecule has 1 nitrogen and oxygen atoms in total. The standard InChI is InChI=1S/C18H22BrNS/c1-13(2)20-11-15-7-8-18(17(19)10-15)21-12-16-6-4-5-14(3)9-16/h4-10,13,20H,11-12H2,1-3H3. The van der Waals surface area contributed by atoms with Crippen LogP contribution in [0, 0.1) is 6.92 Å². The lowest BCUT2D eigenvalue weighted by atomic mass is 10.2. The number of benzene rings is 2. The van der Waals surface area contributed by atoms with Gasteiger partial charge in [-0.1, -0.05) is 49.7 Å². The summed E-state index contributed by atoms with van der Waals surface area (Å²) in [7, 11) is 0. The molecule has 2 aromatic carbocycles. The van der Waals surface area contributed by atoms with Gasteiger partial charge in [-0.3, -0.25) is 0 Å². The van der Waals surface area contributed by atoms with Crippen molar-refractivity contribution in [1.29, 1.82) is 0 Å². The molecule has 0 fully saturated rings. The maximum Gasteiger partial charge on any atom is 0.0314 e. The average Bonchev–Trinajstić information content (AvgIpc) is 2.44. The summed E-state index contributed by atoms with van der Waals surface area (Å²) in [6, 6.07) is 15.9. The molecule has 0 aliphatic heterocycles. The van der Waals surface area contributed by atoms with Gasteiger partial charge >= 0.3 is 0 Å². The van der Waals surface area contributed by atoms with Crippen LogP contribution in [0.5, 0.6) is 0 Å². The summed E-state index contributed by atoms with van der Waals surface area (Å²) in [5.41, 5.74) is 4.01. The summed E-state index contributed by atoms with van der Waals surface area (Å²) < 4.78 is 1.18. The zero-order valence-corrected chi connectivity index (χ0v) is 15.2. The van der Waals surface area contributed by atoms with Gasteiger partial charge in [0.05, 0.1) is 0 Å². The monoisotopic (exact) mass is 363 g/mol. The largest absolute Gasteiger partial charge is 0.310 e. The Bertz CT molecular complexity index is 596. The number of thioether (sulfide) groups is 1. The predicted molar refractivity (Wildman–Crippen MR) is 96.9 cm³/mol. The first-order chi connectivity index (χ1) is 10.0.